The summed E-state index contributed by atoms with van der Waals surface area (Å²) < 4.78 is 44.8. The van der Waals surface area contributed by atoms with E-state index in [9.17, 15) is 22.8 Å². The van der Waals surface area contributed by atoms with E-state index in [1.807, 2.05) is 0 Å². The third-order valence-corrected chi connectivity index (χ3v) is 8.23. The van der Waals surface area contributed by atoms with E-state index >= 15 is 0 Å². The van der Waals surface area contributed by atoms with Gasteiger partial charge in [-0.25, -0.2) is 13.3 Å². The van der Waals surface area contributed by atoms with Crippen LogP contribution in [0.5, 0.6) is 17.2 Å². The van der Waals surface area contributed by atoms with E-state index in [4.69, 9.17) is 14.2 Å². The molecule has 1 fully saturated rings. The highest BCUT2D eigenvalue weighted by Gasteiger charge is 2.47. The summed E-state index contributed by atoms with van der Waals surface area (Å²) in [6.45, 7) is 1.23. The molecule has 1 atom stereocenters. The molecule has 39 heavy (non-hydrogen) atoms. The van der Waals surface area contributed by atoms with Crippen molar-refractivity contribution in [2.24, 2.45) is 0 Å². The summed E-state index contributed by atoms with van der Waals surface area (Å²) in [5, 5.41) is 2.62. The number of anilines is 2. The van der Waals surface area contributed by atoms with Gasteiger partial charge in [0, 0.05) is 19.2 Å². The van der Waals surface area contributed by atoms with E-state index in [1.54, 1.807) is 30.3 Å². The molecule has 1 saturated heterocycles. The van der Waals surface area contributed by atoms with Crippen molar-refractivity contribution in [2.45, 2.75) is 30.8 Å². The van der Waals surface area contributed by atoms with E-state index in [0.29, 0.717) is 28.5 Å². The number of ether oxygens (including phenoxy) is 3. The van der Waals surface area contributed by atoms with Crippen LogP contribution in [0.15, 0.2) is 71.6 Å². The maximum atomic E-state index is 13.9. The van der Waals surface area contributed by atoms with Crippen LogP contribution in [0.1, 0.15) is 18.9 Å². The normalized spacial score (nSPS) is 16.6. The van der Waals surface area contributed by atoms with Gasteiger partial charge in [-0.1, -0.05) is 6.07 Å². The molecular formula is C27H25N3O8S. The maximum Gasteiger partial charge on any atom is 0.252 e. The van der Waals surface area contributed by atoms with Crippen LogP contribution in [0.3, 0.4) is 0 Å². The standard InChI is InChI=1S/C27H25N3O8S/c1-17(31)28-19-4-6-20(7-5-19)30-26(32)14-23(27(30)33)29(15-18-3-12-24-25(13-18)38-16-37-24)39(34,35)22-10-8-21(36-2)9-11-22/h3-13,23H,14-16H2,1-2H3,(H,28,31). The first-order valence-electron chi connectivity index (χ1n) is 12.0. The smallest absolute Gasteiger partial charge is 0.252 e. The van der Waals surface area contributed by atoms with Crippen LogP contribution in [0.25, 0.3) is 0 Å². The van der Waals surface area contributed by atoms with Crippen LogP contribution in [0, 0.1) is 0 Å². The van der Waals surface area contributed by atoms with Crippen molar-refractivity contribution in [1.29, 1.82) is 0 Å². The molecule has 2 heterocycles. The van der Waals surface area contributed by atoms with E-state index in [2.05, 4.69) is 5.32 Å². The van der Waals surface area contributed by atoms with Gasteiger partial charge in [-0.3, -0.25) is 14.4 Å². The summed E-state index contributed by atoms with van der Waals surface area (Å²) in [6, 6.07) is 15.7. The molecule has 0 aliphatic carbocycles. The molecule has 0 spiro atoms. The summed E-state index contributed by atoms with van der Waals surface area (Å²) in [5.41, 5.74) is 1.31. The number of hydrogen-bond donors (Lipinski definition) is 1. The molecule has 2 aliphatic rings. The average molecular weight is 552 g/mol. The van der Waals surface area contributed by atoms with Gasteiger partial charge in [0.05, 0.1) is 24.1 Å². The Morgan fingerprint density at radius 1 is 1.03 bits per heavy atom. The summed E-state index contributed by atoms with van der Waals surface area (Å²) in [4.78, 5) is 39.0. The number of carbonyl (C=O) groups is 3. The molecule has 3 aromatic rings. The fraction of sp³-hybridized carbons (Fsp3) is 0.222. The molecule has 0 saturated carbocycles. The van der Waals surface area contributed by atoms with Crippen LogP contribution < -0.4 is 24.4 Å². The molecule has 0 aromatic heterocycles. The van der Waals surface area contributed by atoms with E-state index in [-0.39, 0.29) is 36.2 Å². The minimum absolute atomic E-state index is 0.0533. The van der Waals surface area contributed by atoms with Gasteiger partial charge in [-0.05, 0) is 66.2 Å². The first-order chi connectivity index (χ1) is 18.7. The quantitative estimate of drug-likeness (QED) is 0.423. The number of nitrogens with zero attached hydrogens (tertiary/aromatic N) is 2. The molecule has 1 N–H and O–H groups in total. The van der Waals surface area contributed by atoms with E-state index < -0.39 is 27.9 Å². The zero-order valence-corrected chi connectivity index (χ0v) is 21.9. The highest BCUT2D eigenvalue weighted by atomic mass is 32.2. The summed E-state index contributed by atoms with van der Waals surface area (Å²) in [5.74, 6) is -0.0207. The Labute approximate surface area is 224 Å². The number of benzene rings is 3. The van der Waals surface area contributed by atoms with Crippen molar-refractivity contribution in [1.82, 2.24) is 4.31 Å². The summed E-state index contributed by atoms with van der Waals surface area (Å²) in [6.07, 6.45) is -0.341. The number of imide groups is 1. The monoisotopic (exact) mass is 551 g/mol. The van der Waals surface area contributed by atoms with Gasteiger partial charge >= 0.3 is 0 Å². The Bertz CT molecular complexity index is 1540. The number of methoxy groups -OCH3 is 1. The molecule has 3 aromatic carbocycles. The third-order valence-electron chi connectivity index (χ3n) is 6.36. The highest BCUT2D eigenvalue weighted by Crippen LogP contribution is 2.35. The topological polar surface area (TPSA) is 132 Å². The largest absolute Gasteiger partial charge is 0.497 e. The van der Waals surface area contributed by atoms with Crippen LogP contribution in [0.4, 0.5) is 11.4 Å². The number of carbonyl (C=O) groups excluding carboxylic acids is 3. The first kappa shape index (κ1) is 26.2. The number of nitrogens with one attached hydrogen (secondary N) is 1. The van der Waals surface area contributed by atoms with Gasteiger partial charge in [0.2, 0.25) is 28.6 Å². The summed E-state index contributed by atoms with van der Waals surface area (Å²) in [7, 11) is -2.78. The fourth-order valence-corrected chi connectivity index (χ4v) is 6.04. The van der Waals surface area contributed by atoms with Crippen molar-refractivity contribution < 1.29 is 37.0 Å². The first-order valence-corrected chi connectivity index (χ1v) is 13.4. The van der Waals surface area contributed by atoms with Crippen molar-refractivity contribution in [2.75, 3.05) is 24.1 Å². The Kier molecular flexibility index (Phi) is 6.98. The van der Waals surface area contributed by atoms with Gasteiger partial charge in [0.25, 0.3) is 5.91 Å². The number of rotatable bonds is 8. The van der Waals surface area contributed by atoms with Crippen molar-refractivity contribution in [3.05, 3.63) is 72.3 Å². The SMILES string of the molecule is COc1ccc(S(=O)(=O)N(Cc2ccc3c(c2)OCO3)C2CC(=O)N(c3ccc(NC(C)=O)cc3)C2=O)cc1. The lowest BCUT2D eigenvalue weighted by Gasteiger charge is -2.27. The molecule has 3 amide bonds. The Hall–Kier alpha value is -4.42. The molecule has 0 radical (unpaired) electrons. The van der Waals surface area contributed by atoms with Crippen LogP contribution >= 0.6 is 0 Å². The molecule has 2 aliphatic heterocycles. The second-order valence-corrected chi connectivity index (χ2v) is 10.8. The summed E-state index contributed by atoms with van der Waals surface area (Å²) >= 11 is 0. The molecule has 1 unspecified atom stereocenters. The molecule has 5 rings (SSSR count). The molecule has 12 heteroatoms. The minimum Gasteiger partial charge on any atom is -0.497 e. The maximum absolute atomic E-state index is 13.9. The molecule has 0 bridgehead atoms. The number of amides is 3. The van der Waals surface area contributed by atoms with Gasteiger partial charge < -0.3 is 19.5 Å². The van der Waals surface area contributed by atoms with Crippen LogP contribution in [-0.4, -0.2) is 50.4 Å². The van der Waals surface area contributed by atoms with Gasteiger partial charge in [-0.15, -0.1) is 0 Å². The van der Waals surface area contributed by atoms with E-state index in [1.165, 1.54) is 50.4 Å². The number of sulfonamides is 1. The fourth-order valence-electron chi connectivity index (χ4n) is 4.47. The molecule has 202 valence electrons. The van der Waals surface area contributed by atoms with Crippen LogP contribution in [-0.2, 0) is 31.0 Å². The minimum atomic E-state index is -4.25. The Morgan fingerprint density at radius 2 is 1.72 bits per heavy atom. The van der Waals surface area contributed by atoms with Crippen molar-refractivity contribution >= 4 is 39.1 Å². The number of fused-ring (bicyclic) bond motifs is 1. The lowest BCUT2D eigenvalue weighted by atomic mass is 10.1. The van der Waals surface area contributed by atoms with Gasteiger partial charge in [-0.2, -0.15) is 4.31 Å². The predicted octanol–water partition coefficient (Wildman–Crippen LogP) is 2.91. The van der Waals surface area contributed by atoms with Gasteiger partial charge in [0.15, 0.2) is 11.5 Å². The Balaban J connectivity index is 1.50. The molecule has 11 nitrogen and oxygen atoms in total. The number of hydrogen-bond acceptors (Lipinski definition) is 8. The lowest BCUT2D eigenvalue weighted by molar-refractivity contribution is -0.122. The average Bonchev–Trinajstić information content (AvgIpc) is 3.50. The van der Waals surface area contributed by atoms with Gasteiger partial charge in [0.1, 0.15) is 11.8 Å². The second-order valence-electron chi connectivity index (χ2n) is 8.93. The zero-order chi connectivity index (χ0) is 27.7. The van der Waals surface area contributed by atoms with Crippen molar-refractivity contribution in [3.8, 4) is 17.2 Å². The predicted molar refractivity (Wildman–Crippen MR) is 140 cm³/mol. The Morgan fingerprint density at radius 3 is 2.38 bits per heavy atom. The van der Waals surface area contributed by atoms with Crippen LogP contribution in [0.2, 0.25) is 0 Å². The zero-order valence-electron chi connectivity index (χ0n) is 21.1. The lowest BCUT2D eigenvalue weighted by Crippen LogP contribution is -2.45. The van der Waals surface area contributed by atoms with Crippen molar-refractivity contribution in [3.63, 3.8) is 0 Å². The second kappa shape index (κ2) is 10.4. The third kappa shape index (κ3) is 5.16. The molecular weight excluding hydrogens is 526 g/mol. The highest BCUT2D eigenvalue weighted by molar-refractivity contribution is 7.89. The van der Waals surface area contributed by atoms with E-state index in [0.717, 1.165) is 9.21 Å².